The minimum Gasteiger partial charge on any atom is -0.444 e. The fraction of sp³-hybridized carbons (Fsp3) is 0.222. The Morgan fingerprint density at radius 1 is 1.35 bits per heavy atom. The van der Waals surface area contributed by atoms with Crippen LogP contribution in [0.25, 0.3) is 5.69 Å². The molecule has 0 unspecified atom stereocenters. The van der Waals surface area contributed by atoms with Gasteiger partial charge in [-0.25, -0.2) is 14.1 Å². The van der Waals surface area contributed by atoms with Crippen LogP contribution in [0.5, 0.6) is 0 Å². The standard InChI is InChI=1S/C18H18FN5O2/c1-3-17-20-9-16(26-17)12-23(18(25)4-2)10-14-11-24(22-21-14)15-7-5-13(19)6-8-15/h4-9,11H,2-3,10,12H2,1H3. The lowest BCUT2D eigenvalue weighted by Crippen LogP contribution is -2.28. The number of benzene rings is 1. The second-order valence-corrected chi connectivity index (χ2v) is 5.60. The predicted molar refractivity (Wildman–Crippen MR) is 91.6 cm³/mol. The Hall–Kier alpha value is -3.29. The second kappa shape index (κ2) is 7.73. The maximum absolute atomic E-state index is 13.0. The molecule has 0 saturated carbocycles. The number of halogens is 1. The van der Waals surface area contributed by atoms with Gasteiger partial charge in [0.15, 0.2) is 5.89 Å². The van der Waals surface area contributed by atoms with E-state index >= 15 is 0 Å². The van der Waals surface area contributed by atoms with Gasteiger partial charge >= 0.3 is 0 Å². The third-order valence-electron chi connectivity index (χ3n) is 3.72. The van der Waals surface area contributed by atoms with Crippen LogP contribution in [0.15, 0.2) is 53.7 Å². The topological polar surface area (TPSA) is 77.1 Å². The minimum atomic E-state index is -0.324. The molecule has 1 amide bonds. The van der Waals surface area contributed by atoms with E-state index in [0.29, 0.717) is 29.5 Å². The zero-order valence-corrected chi connectivity index (χ0v) is 14.3. The van der Waals surface area contributed by atoms with Crippen LogP contribution in [0.3, 0.4) is 0 Å². The molecule has 0 spiro atoms. The average molecular weight is 355 g/mol. The van der Waals surface area contributed by atoms with Crippen molar-refractivity contribution < 1.29 is 13.6 Å². The zero-order chi connectivity index (χ0) is 18.5. The number of hydrogen-bond acceptors (Lipinski definition) is 5. The Bertz CT molecular complexity index is 900. The number of carbonyl (C=O) groups excluding carboxylic acids is 1. The number of oxazole rings is 1. The van der Waals surface area contributed by atoms with Gasteiger partial charge in [-0.05, 0) is 30.3 Å². The van der Waals surface area contributed by atoms with Crippen molar-refractivity contribution in [3.05, 3.63) is 72.5 Å². The van der Waals surface area contributed by atoms with Crippen molar-refractivity contribution in [3.63, 3.8) is 0 Å². The van der Waals surface area contributed by atoms with Crippen molar-refractivity contribution in [2.45, 2.75) is 26.4 Å². The van der Waals surface area contributed by atoms with Gasteiger partial charge in [0.05, 0.1) is 31.2 Å². The summed E-state index contributed by atoms with van der Waals surface area (Å²) in [6.07, 6.45) is 5.22. The highest BCUT2D eigenvalue weighted by molar-refractivity contribution is 5.86. The Morgan fingerprint density at radius 3 is 2.77 bits per heavy atom. The summed E-state index contributed by atoms with van der Waals surface area (Å²) in [5.74, 6) is 0.627. The Balaban J connectivity index is 1.75. The molecule has 3 aromatic rings. The highest BCUT2D eigenvalue weighted by atomic mass is 19.1. The summed E-state index contributed by atoms with van der Waals surface area (Å²) < 4.78 is 20.1. The number of amides is 1. The molecule has 0 aliphatic carbocycles. The van der Waals surface area contributed by atoms with E-state index in [9.17, 15) is 9.18 Å². The summed E-state index contributed by atoms with van der Waals surface area (Å²) in [7, 11) is 0. The summed E-state index contributed by atoms with van der Waals surface area (Å²) in [6.45, 7) is 5.96. The molecule has 0 saturated heterocycles. The first kappa shape index (κ1) is 17.5. The summed E-state index contributed by atoms with van der Waals surface area (Å²) in [5, 5.41) is 8.10. The van der Waals surface area contributed by atoms with E-state index in [0.717, 1.165) is 0 Å². The summed E-state index contributed by atoms with van der Waals surface area (Å²) >= 11 is 0. The van der Waals surface area contributed by atoms with Crippen molar-refractivity contribution in [1.29, 1.82) is 0 Å². The zero-order valence-electron chi connectivity index (χ0n) is 14.3. The monoisotopic (exact) mass is 355 g/mol. The number of hydrogen-bond donors (Lipinski definition) is 0. The van der Waals surface area contributed by atoms with E-state index in [1.807, 2.05) is 6.92 Å². The lowest BCUT2D eigenvalue weighted by atomic mass is 10.3. The first-order valence-electron chi connectivity index (χ1n) is 8.11. The highest BCUT2D eigenvalue weighted by Crippen LogP contribution is 2.13. The molecule has 7 nitrogen and oxygen atoms in total. The van der Waals surface area contributed by atoms with E-state index in [2.05, 4.69) is 21.9 Å². The molecule has 0 atom stereocenters. The van der Waals surface area contributed by atoms with Crippen LogP contribution in [-0.4, -0.2) is 30.8 Å². The Morgan fingerprint density at radius 2 is 2.12 bits per heavy atom. The van der Waals surface area contributed by atoms with Gasteiger partial charge in [-0.3, -0.25) is 4.79 Å². The number of nitrogens with zero attached hydrogens (tertiary/aromatic N) is 5. The minimum absolute atomic E-state index is 0.230. The number of carbonyl (C=O) groups is 1. The molecule has 134 valence electrons. The van der Waals surface area contributed by atoms with Crippen LogP contribution >= 0.6 is 0 Å². The Kier molecular flexibility index (Phi) is 5.21. The van der Waals surface area contributed by atoms with E-state index in [-0.39, 0.29) is 24.8 Å². The molecule has 0 aliphatic rings. The lowest BCUT2D eigenvalue weighted by molar-refractivity contribution is -0.127. The second-order valence-electron chi connectivity index (χ2n) is 5.60. The van der Waals surface area contributed by atoms with Crippen LogP contribution < -0.4 is 0 Å². The molecular formula is C18H18FN5O2. The van der Waals surface area contributed by atoms with Crippen molar-refractivity contribution in [3.8, 4) is 5.69 Å². The molecule has 0 bridgehead atoms. The van der Waals surface area contributed by atoms with Crippen molar-refractivity contribution in [1.82, 2.24) is 24.9 Å². The highest BCUT2D eigenvalue weighted by Gasteiger charge is 2.16. The molecule has 0 aliphatic heterocycles. The van der Waals surface area contributed by atoms with Gasteiger partial charge in [0.25, 0.3) is 0 Å². The molecule has 2 heterocycles. The van der Waals surface area contributed by atoms with Gasteiger partial charge in [0.1, 0.15) is 17.3 Å². The summed E-state index contributed by atoms with van der Waals surface area (Å²) in [5.41, 5.74) is 1.26. The molecular weight excluding hydrogens is 337 g/mol. The third kappa shape index (κ3) is 4.02. The fourth-order valence-electron chi connectivity index (χ4n) is 2.40. The first-order chi connectivity index (χ1) is 12.6. The van der Waals surface area contributed by atoms with Crippen LogP contribution in [0.4, 0.5) is 4.39 Å². The number of aromatic nitrogens is 4. The van der Waals surface area contributed by atoms with E-state index in [4.69, 9.17) is 4.42 Å². The fourth-order valence-corrected chi connectivity index (χ4v) is 2.40. The van der Waals surface area contributed by atoms with Crippen LogP contribution in [0, 0.1) is 5.82 Å². The molecule has 0 radical (unpaired) electrons. The van der Waals surface area contributed by atoms with Crippen LogP contribution in [-0.2, 0) is 24.3 Å². The average Bonchev–Trinajstić information content (AvgIpc) is 3.30. The predicted octanol–water partition coefficient (Wildman–Crippen LogP) is 2.67. The lowest BCUT2D eigenvalue weighted by Gasteiger charge is -2.18. The molecule has 0 fully saturated rings. The van der Waals surface area contributed by atoms with Gasteiger partial charge in [0, 0.05) is 6.42 Å². The molecule has 2 aromatic heterocycles. The number of aryl methyl sites for hydroxylation is 1. The number of rotatable bonds is 7. The SMILES string of the molecule is C=CC(=O)N(Cc1cn(-c2ccc(F)cc2)nn1)Cc1cnc(CC)o1. The molecule has 26 heavy (non-hydrogen) atoms. The van der Waals surface area contributed by atoms with E-state index in [1.54, 1.807) is 24.5 Å². The van der Waals surface area contributed by atoms with Gasteiger partial charge in [-0.15, -0.1) is 5.10 Å². The largest absolute Gasteiger partial charge is 0.444 e. The van der Waals surface area contributed by atoms with Gasteiger partial charge < -0.3 is 9.32 Å². The van der Waals surface area contributed by atoms with Crippen LogP contribution in [0.2, 0.25) is 0 Å². The normalized spacial score (nSPS) is 10.7. The molecule has 0 N–H and O–H groups in total. The maximum Gasteiger partial charge on any atom is 0.246 e. The van der Waals surface area contributed by atoms with E-state index < -0.39 is 0 Å². The van der Waals surface area contributed by atoms with Crippen LogP contribution in [0.1, 0.15) is 24.3 Å². The smallest absolute Gasteiger partial charge is 0.246 e. The summed E-state index contributed by atoms with van der Waals surface area (Å²) in [6, 6.07) is 5.89. The molecule has 8 heteroatoms. The summed E-state index contributed by atoms with van der Waals surface area (Å²) in [4.78, 5) is 17.8. The van der Waals surface area contributed by atoms with Gasteiger partial charge in [-0.2, -0.15) is 0 Å². The quantitative estimate of drug-likeness (QED) is 0.609. The molecule has 3 rings (SSSR count). The van der Waals surface area contributed by atoms with Crippen molar-refractivity contribution >= 4 is 5.91 Å². The van der Waals surface area contributed by atoms with E-state index in [1.165, 1.54) is 27.8 Å². The van der Waals surface area contributed by atoms with Crippen molar-refractivity contribution in [2.75, 3.05) is 0 Å². The Labute approximate surface area is 149 Å². The van der Waals surface area contributed by atoms with Gasteiger partial charge in [-0.1, -0.05) is 18.7 Å². The first-order valence-corrected chi connectivity index (χ1v) is 8.11. The maximum atomic E-state index is 13.0. The van der Waals surface area contributed by atoms with Crippen molar-refractivity contribution in [2.24, 2.45) is 0 Å². The third-order valence-corrected chi connectivity index (χ3v) is 3.72. The van der Waals surface area contributed by atoms with Gasteiger partial charge in [0.2, 0.25) is 5.91 Å². The molecule has 1 aromatic carbocycles.